The fourth-order valence-corrected chi connectivity index (χ4v) is 3.21. The van der Waals surface area contributed by atoms with Crippen LogP contribution in [0.5, 0.6) is 11.5 Å². The van der Waals surface area contributed by atoms with Gasteiger partial charge >= 0.3 is 0 Å². The van der Waals surface area contributed by atoms with Crippen molar-refractivity contribution in [2.24, 2.45) is 0 Å². The van der Waals surface area contributed by atoms with Gasteiger partial charge in [-0.1, -0.05) is 0 Å². The van der Waals surface area contributed by atoms with Crippen LogP contribution in [0.15, 0.2) is 42.7 Å². The third-order valence-corrected chi connectivity index (χ3v) is 4.68. The van der Waals surface area contributed by atoms with E-state index < -0.39 is 0 Å². The zero-order chi connectivity index (χ0) is 17.9. The maximum Gasteiger partial charge on any atom is 0.253 e. The first-order valence-electron chi connectivity index (χ1n) is 8.60. The first-order valence-corrected chi connectivity index (χ1v) is 8.60. The maximum absolute atomic E-state index is 12.7. The van der Waals surface area contributed by atoms with Crippen molar-refractivity contribution < 1.29 is 19.1 Å². The van der Waals surface area contributed by atoms with Crippen molar-refractivity contribution >= 4 is 11.8 Å². The van der Waals surface area contributed by atoms with Gasteiger partial charge in [0.05, 0.1) is 0 Å². The molecule has 0 aliphatic carbocycles. The number of amides is 2. The van der Waals surface area contributed by atoms with Gasteiger partial charge in [-0.3, -0.25) is 14.6 Å². The number of likely N-dealkylation sites (tertiary alicyclic amines) is 1. The Hall–Kier alpha value is -3.09. The number of nitrogens with one attached hydrogen (secondary N) is 1. The Morgan fingerprint density at radius 3 is 2.50 bits per heavy atom. The molecule has 2 aliphatic heterocycles. The zero-order valence-corrected chi connectivity index (χ0v) is 14.2. The Bertz CT molecular complexity index is 817. The van der Waals surface area contributed by atoms with Crippen LogP contribution in [0.25, 0.3) is 0 Å². The summed E-state index contributed by atoms with van der Waals surface area (Å²) in [4.78, 5) is 30.6. The normalized spacial score (nSPS) is 16.4. The Balaban J connectivity index is 1.33. The minimum Gasteiger partial charge on any atom is -0.454 e. The van der Waals surface area contributed by atoms with Crippen LogP contribution in [0, 0.1) is 0 Å². The van der Waals surface area contributed by atoms with Gasteiger partial charge in [0.25, 0.3) is 11.8 Å². The lowest BCUT2D eigenvalue weighted by Gasteiger charge is -2.32. The third kappa shape index (κ3) is 3.33. The molecule has 0 spiro atoms. The Morgan fingerprint density at radius 1 is 1.00 bits per heavy atom. The molecule has 0 bridgehead atoms. The second kappa shape index (κ2) is 7.03. The van der Waals surface area contributed by atoms with Crippen LogP contribution in [0.2, 0.25) is 0 Å². The van der Waals surface area contributed by atoms with Gasteiger partial charge in [-0.05, 0) is 43.2 Å². The number of hydrogen-bond acceptors (Lipinski definition) is 5. The summed E-state index contributed by atoms with van der Waals surface area (Å²) >= 11 is 0. The fraction of sp³-hybridized carbons (Fsp3) is 0.316. The zero-order valence-electron chi connectivity index (χ0n) is 14.2. The minimum atomic E-state index is -0.104. The van der Waals surface area contributed by atoms with Crippen molar-refractivity contribution in [3.05, 3.63) is 53.9 Å². The second-order valence-electron chi connectivity index (χ2n) is 6.34. The van der Waals surface area contributed by atoms with Crippen molar-refractivity contribution in [2.45, 2.75) is 18.9 Å². The number of piperidine rings is 1. The van der Waals surface area contributed by atoms with Gasteiger partial charge in [0, 0.05) is 42.7 Å². The van der Waals surface area contributed by atoms with Gasteiger partial charge in [0.2, 0.25) is 6.79 Å². The van der Waals surface area contributed by atoms with E-state index in [0.29, 0.717) is 35.7 Å². The average Bonchev–Trinajstić information content (AvgIpc) is 3.16. The molecule has 0 atom stereocenters. The Morgan fingerprint density at radius 2 is 1.73 bits per heavy atom. The van der Waals surface area contributed by atoms with Gasteiger partial charge in [0.1, 0.15) is 0 Å². The molecule has 2 amide bonds. The molecule has 7 heteroatoms. The van der Waals surface area contributed by atoms with Crippen LogP contribution in [0.4, 0.5) is 0 Å². The van der Waals surface area contributed by atoms with Crippen LogP contribution in [-0.2, 0) is 0 Å². The molecule has 2 aliphatic rings. The van der Waals surface area contributed by atoms with E-state index in [2.05, 4.69) is 10.3 Å². The highest BCUT2D eigenvalue weighted by molar-refractivity contribution is 5.95. The summed E-state index contributed by atoms with van der Waals surface area (Å²) in [6, 6.07) is 8.68. The molecule has 0 unspecified atom stereocenters. The molecule has 7 nitrogen and oxygen atoms in total. The lowest BCUT2D eigenvalue weighted by Crippen LogP contribution is -2.46. The van der Waals surface area contributed by atoms with Gasteiger partial charge in [-0.15, -0.1) is 0 Å². The standard InChI is InChI=1S/C19H19N3O4/c23-18(13-3-7-20-8-4-13)21-15-5-9-22(10-6-15)19(24)14-1-2-16-17(11-14)26-12-25-16/h1-4,7-8,11,15H,5-6,9-10,12H2,(H,21,23). The van der Waals surface area contributed by atoms with Crippen LogP contribution >= 0.6 is 0 Å². The summed E-state index contributed by atoms with van der Waals surface area (Å²) in [7, 11) is 0. The molecule has 1 aromatic carbocycles. The smallest absolute Gasteiger partial charge is 0.253 e. The molecule has 1 fully saturated rings. The number of nitrogens with zero attached hydrogens (tertiary/aromatic N) is 2. The highest BCUT2D eigenvalue weighted by Gasteiger charge is 2.26. The number of carbonyl (C=O) groups excluding carboxylic acids is 2. The summed E-state index contributed by atoms with van der Waals surface area (Å²) in [5, 5.41) is 3.03. The number of aromatic nitrogens is 1. The van der Waals surface area contributed by atoms with Crippen molar-refractivity contribution in [2.75, 3.05) is 19.9 Å². The number of pyridine rings is 1. The largest absolute Gasteiger partial charge is 0.454 e. The summed E-state index contributed by atoms with van der Waals surface area (Å²) in [5.74, 6) is 1.14. The average molecular weight is 353 g/mol. The van der Waals surface area contributed by atoms with Crippen molar-refractivity contribution in [1.82, 2.24) is 15.2 Å². The lowest BCUT2D eigenvalue weighted by atomic mass is 10.0. The van der Waals surface area contributed by atoms with Crippen LogP contribution in [0.1, 0.15) is 33.6 Å². The predicted molar refractivity (Wildman–Crippen MR) is 93.2 cm³/mol. The number of carbonyl (C=O) groups is 2. The number of fused-ring (bicyclic) bond motifs is 1. The first-order chi connectivity index (χ1) is 12.7. The molecule has 1 N–H and O–H groups in total. The molecule has 1 aromatic heterocycles. The highest BCUT2D eigenvalue weighted by Crippen LogP contribution is 2.33. The highest BCUT2D eigenvalue weighted by atomic mass is 16.7. The Labute approximate surface area is 150 Å². The molecular formula is C19H19N3O4. The number of benzene rings is 1. The quantitative estimate of drug-likeness (QED) is 0.911. The summed E-state index contributed by atoms with van der Waals surface area (Å²) in [5.41, 5.74) is 1.19. The molecule has 3 heterocycles. The van der Waals surface area contributed by atoms with Crippen molar-refractivity contribution in [3.63, 3.8) is 0 Å². The SMILES string of the molecule is O=C(NC1CCN(C(=O)c2ccc3c(c2)OCO3)CC1)c1ccncc1. The van der Waals surface area contributed by atoms with Crippen LogP contribution in [-0.4, -0.2) is 47.6 Å². The molecular weight excluding hydrogens is 334 g/mol. The molecule has 2 aromatic rings. The minimum absolute atomic E-state index is 0.0257. The van der Waals surface area contributed by atoms with E-state index >= 15 is 0 Å². The molecule has 134 valence electrons. The van der Waals surface area contributed by atoms with Crippen LogP contribution < -0.4 is 14.8 Å². The van der Waals surface area contributed by atoms with Gasteiger partial charge in [0.15, 0.2) is 11.5 Å². The maximum atomic E-state index is 12.7. The van der Waals surface area contributed by atoms with E-state index in [0.717, 1.165) is 12.8 Å². The van der Waals surface area contributed by atoms with Gasteiger partial charge in [-0.25, -0.2) is 0 Å². The summed E-state index contributed by atoms with van der Waals surface area (Å²) < 4.78 is 10.6. The van der Waals surface area contributed by atoms with E-state index in [1.165, 1.54) is 0 Å². The van der Waals surface area contributed by atoms with E-state index in [-0.39, 0.29) is 24.6 Å². The van der Waals surface area contributed by atoms with Gasteiger partial charge < -0.3 is 19.7 Å². The molecule has 4 rings (SSSR count). The molecule has 1 saturated heterocycles. The third-order valence-electron chi connectivity index (χ3n) is 4.68. The molecule has 0 radical (unpaired) electrons. The van der Waals surface area contributed by atoms with E-state index in [1.807, 2.05) is 4.90 Å². The lowest BCUT2D eigenvalue weighted by molar-refractivity contribution is 0.0697. The first kappa shape index (κ1) is 16.4. The van der Waals surface area contributed by atoms with E-state index in [9.17, 15) is 9.59 Å². The Kier molecular flexibility index (Phi) is 4.43. The van der Waals surface area contributed by atoms with E-state index in [1.54, 1.807) is 42.7 Å². The van der Waals surface area contributed by atoms with Crippen molar-refractivity contribution in [1.29, 1.82) is 0 Å². The molecule has 26 heavy (non-hydrogen) atoms. The predicted octanol–water partition coefficient (Wildman–Crippen LogP) is 1.84. The van der Waals surface area contributed by atoms with Gasteiger partial charge in [-0.2, -0.15) is 0 Å². The number of ether oxygens (including phenoxy) is 2. The second-order valence-corrected chi connectivity index (χ2v) is 6.34. The number of hydrogen-bond donors (Lipinski definition) is 1. The molecule has 0 saturated carbocycles. The fourth-order valence-electron chi connectivity index (χ4n) is 3.21. The topological polar surface area (TPSA) is 80.8 Å². The summed E-state index contributed by atoms with van der Waals surface area (Å²) in [6.07, 6.45) is 4.66. The van der Waals surface area contributed by atoms with Crippen molar-refractivity contribution in [3.8, 4) is 11.5 Å². The monoisotopic (exact) mass is 353 g/mol. The van der Waals surface area contributed by atoms with Crippen LogP contribution in [0.3, 0.4) is 0 Å². The van der Waals surface area contributed by atoms with E-state index in [4.69, 9.17) is 9.47 Å². The summed E-state index contributed by atoms with van der Waals surface area (Å²) in [6.45, 7) is 1.40. The number of rotatable bonds is 3.